The summed E-state index contributed by atoms with van der Waals surface area (Å²) in [4.78, 5) is 2.24. The van der Waals surface area contributed by atoms with Crippen molar-refractivity contribution in [1.82, 2.24) is 0 Å². The predicted molar refractivity (Wildman–Crippen MR) is 76.7 cm³/mol. The molecule has 0 saturated heterocycles. The van der Waals surface area contributed by atoms with Gasteiger partial charge in [-0.05, 0) is 37.0 Å². The smallest absolute Gasteiger partial charge is 0.0642 e. The molecule has 0 spiro atoms. The highest BCUT2D eigenvalue weighted by Gasteiger charge is 2.14. The fourth-order valence-corrected chi connectivity index (χ4v) is 2.38. The molecule has 0 aliphatic carbocycles. The average Bonchev–Trinajstić information content (AvgIpc) is 2.27. The maximum atomic E-state index is 6.29. The Morgan fingerprint density at radius 2 is 1.94 bits per heavy atom. The Balaban J connectivity index is 2.84. The predicted octanol–water partition coefficient (Wildman–Crippen LogP) is 3.67. The third kappa shape index (κ3) is 3.90. The van der Waals surface area contributed by atoms with Crippen molar-refractivity contribution in [1.29, 1.82) is 0 Å². The van der Waals surface area contributed by atoms with Crippen LogP contribution in [0.2, 0.25) is 5.02 Å². The van der Waals surface area contributed by atoms with Crippen LogP contribution in [0.1, 0.15) is 32.8 Å². The standard InChI is InChI=1S/C14H23ClN2/c1-10(2)7-11(3)17(4)14-6-5-12(9-16)8-13(14)15/h5-6,8,10-11H,7,9,16H2,1-4H3. The second-order valence-electron chi connectivity index (χ2n) is 5.08. The van der Waals surface area contributed by atoms with Crippen LogP contribution in [0.5, 0.6) is 0 Å². The summed E-state index contributed by atoms with van der Waals surface area (Å²) in [5, 5.41) is 0.783. The molecule has 0 heterocycles. The van der Waals surface area contributed by atoms with E-state index in [9.17, 15) is 0 Å². The molecule has 0 aromatic heterocycles. The maximum Gasteiger partial charge on any atom is 0.0642 e. The fourth-order valence-electron chi connectivity index (χ4n) is 2.04. The van der Waals surface area contributed by atoms with Gasteiger partial charge >= 0.3 is 0 Å². The molecular weight excluding hydrogens is 232 g/mol. The highest BCUT2D eigenvalue weighted by molar-refractivity contribution is 6.33. The molecule has 3 heteroatoms. The van der Waals surface area contributed by atoms with Crippen molar-refractivity contribution in [2.75, 3.05) is 11.9 Å². The van der Waals surface area contributed by atoms with Crippen LogP contribution in [0.3, 0.4) is 0 Å². The van der Waals surface area contributed by atoms with Crippen molar-refractivity contribution >= 4 is 17.3 Å². The summed E-state index contributed by atoms with van der Waals surface area (Å²) in [7, 11) is 2.09. The first-order valence-corrected chi connectivity index (χ1v) is 6.54. The molecule has 0 bridgehead atoms. The van der Waals surface area contributed by atoms with Crippen LogP contribution in [0.4, 0.5) is 5.69 Å². The summed E-state index contributed by atoms with van der Waals surface area (Å²) in [5.41, 5.74) is 7.75. The lowest BCUT2D eigenvalue weighted by atomic mass is 10.0. The Morgan fingerprint density at radius 1 is 1.29 bits per heavy atom. The summed E-state index contributed by atoms with van der Waals surface area (Å²) in [5.74, 6) is 0.689. The van der Waals surface area contributed by atoms with Crippen molar-refractivity contribution in [2.45, 2.75) is 39.8 Å². The molecule has 0 aliphatic rings. The van der Waals surface area contributed by atoms with E-state index in [1.54, 1.807) is 0 Å². The van der Waals surface area contributed by atoms with Gasteiger partial charge in [-0.15, -0.1) is 0 Å². The number of hydrogen-bond acceptors (Lipinski definition) is 2. The number of hydrogen-bond donors (Lipinski definition) is 1. The number of anilines is 1. The van der Waals surface area contributed by atoms with Crippen LogP contribution in [0, 0.1) is 5.92 Å². The highest BCUT2D eigenvalue weighted by Crippen LogP contribution is 2.28. The molecule has 1 atom stereocenters. The van der Waals surface area contributed by atoms with Crippen molar-refractivity contribution in [3.8, 4) is 0 Å². The second-order valence-corrected chi connectivity index (χ2v) is 5.49. The number of benzene rings is 1. The second kappa shape index (κ2) is 6.27. The Kier molecular flexibility index (Phi) is 5.29. The number of nitrogens with two attached hydrogens (primary N) is 1. The lowest BCUT2D eigenvalue weighted by Gasteiger charge is -2.29. The first-order valence-electron chi connectivity index (χ1n) is 6.17. The molecule has 1 aromatic carbocycles. The molecule has 17 heavy (non-hydrogen) atoms. The van der Waals surface area contributed by atoms with E-state index in [2.05, 4.69) is 38.8 Å². The van der Waals surface area contributed by atoms with E-state index in [0.717, 1.165) is 22.7 Å². The average molecular weight is 255 g/mol. The lowest BCUT2D eigenvalue weighted by Crippen LogP contribution is -2.30. The van der Waals surface area contributed by atoms with E-state index in [-0.39, 0.29) is 0 Å². The third-order valence-electron chi connectivity index (χ3n) is 3.10. The first kappa shape index (κ1) is 14.3. The molecular formula is C14H23ClN2. The zero-order chi connectivity index (χ0) is 13.0. The van der Waals surface area contributed by atoms with E-state index in [1.807, 2.05) is 12.1 Å². The first-order chi connectivity index (χ1) is 7.95. The molecule has 1 unspecified atom stereocenters. The molecule has 2 N–H and O–H groups in total. The summed E-state index contributed by atoms with van der Waals surface area (Å²) in [6, 6.07) is 6.53. The number of nitrogens with zero attached hydrogens (tertiary/aromatic N) is 1. The topological polar surface area (TPSA) is 29.3 Å². The highest BCUT2D eigenvalue weighted by atomic mass is 35.5. The van der Waals surface area contributed by atoms with Crippen molar-refractivity contribution in [2.24, 2.45) is 11.7 Å². The van der Waals surface area contributed by atoms with Crippen LogP contribution < -0.4 is 10.6 Å². The van der Waals surface area contributed by atoms with Crippen LogP contribution >= 0.6 is 11.6 Å². The SMILES string of the molecule is CC(C)CC(C)N(C)c1ccc(CN)cc1Cl. The molecule has 0 aliphatic heterocycles. The van der Waals surface area contributed by atoms with Gasteiger partial charge in [-0.1, -0.05) is 31.5 Å². The van der Waals surface area contributed by atoms with Crippen LogP contribution in [0.15, 0.2) is 18.2 Å². The third-order valence-corrected chi connectivity index (χ3v) is 3.40. The fraction of sp³-hybridized carbons (Fsp3) is 0.571. The van der Waals surface area contributed by atoms with Gasteiger partial charge in [0.25, 0.3) is 0 Å². The molecule has 1 aromatic rings. The minimum Gasteiger partial charge on any atom is -0.371 e. The minimum atomic E-state index is 0.483. The molecule has 0 amide bonds. The van der Waals surface area contributed by atoms with Gasteiger partial charge in [0.05, 0.1) is 10.7 Å². The quantitative estimate of drug-likeness (QED) is 0.869. The Hall–Kier alpha value is -0.730. The van der Waals surface area contributed by atoms with Gasteiger partial charge in [0.2, 0.25) is 0 Å². The van der Waals surface area contributed by atoms with Gasteiger partial charge < -0.3 is 10.6 Å². The van der Waals surface area contributed by atoms with Crippen molar-refractivity contribution in [3.05, 3.63) is 28.8 Å². The van der Waals surface area contributed by atoms with Crippen LogP contribution in [-0.4, -0.2) is 13.1 Å². The molecule has 96 valence electrons. The van der Waals surface area contributed by atoms with Crippen LogP contribution in [-0.2, 0) is 6.54 Å². The Labute approximate surface area is 110 Å². The van der Waals surface area contributed by atoms with E-state index < -0.39 is 0 Å². The molecule has 0 radical (unpaired) electrons. The molecule has 0 saturated carbocycles. The van der Waals surface area contributed by atoms with Gasteiger partial charge in [0.1, 0.15) is 0 Å². The summed E-state index contributed by atoms with van der Waals surface area (Å²) in [6.45, 7) is 7.24. The summed E-state index contributed by atoms with van der Waals surface area (Å²) in [6.07, 6.45) is 1.16. The van der Waals surface area contributed by atoms with E-state index in [1.165, 1.54) is 0 Å². The monoisotopic (exact) mass is 254 g/mol. The van der Waals surface area contributed by atoms with Gasteiger partial charge in [0.15, 0.2) is 0 Å². The zero-order valence-electron chi connectivity index (χ0n) is 11.2. The number of rotatable bonds is 5. The largest absolute Gasteiger partial charge is 0.371 e. The van der Waals surface area contributed by atoms with Crippen molar-refractivity contribution in [3.63, 3.8) is 0 Å². The van der Waals surface area contributed by atoms with E-state index in [0.29, 0.717) is 18.5 Å². The number of halogens is 1. The van der Waals surface area contributed by atoms with E-state index >= 15 is 0 Å². The Morgan fingerprint density at radius 3 is 2.41 bits per heavy atom. The summed E-state index contributed by atoms with van der Waals surface area (Å²) >= 11 is 6.29. The summed E-state index contributed by atoms with van der Waals surface area (Å²) < 4.78 is 0. The van der Waals surface area contributed by atoms with Crippen molar-refractivity contribution < 1.29 is 0 Å². The van der Waals surface area contributed by atoms with Gasteiger partial charge in [-0.25, -0.2) is 0 Å². The van der Waals surface area contributed by atoms with Gasteiger partial charge in [-0.3, -0.25) is 0 Å². The molecule has 1 rings (SSSR count). The lowest BCUT2D eigenvalue weighted by molar-refractivity contribution is 0.504. The van der Waals surface area contributed by atoms with Gasteiger partial charge in [0, 0.05) is 19.6 Å². The Bertz CT molecular complexity index is 363. The normalized spacial score (nSPS) is 12.9. The maximum absolute atomic E-state index is 6.29. The zero-order valence-corrected chi connectivity index (χ0v) is 12.0. The molecule has 2 nitrogen and oxygen atoms in total. The minimum absolute atomic E-state index is 0.483. The molecule has 0 fully saturated rings. The van der Waals surface area contributed by atoms with Gasteiger partial charge in [-0.2, -0.15) is 0 Å². The van der Waals surface area contributed by atoms with Crippen LogP contribution in [0.25, 0.3) is 0 Å². The van der Waals surface area contributed by atoms with E-state index in [4.69, 9.17) is 17.3 Å².